The standard InChI is InChI=1S/C19H29NO2.C18H27NO.C17H25NO2.C16H23NO2.C16H25N.C15H21NO.C14H21N/c1-18(2,3)14-11-10-13-8-7-9-16(15(13)12-14)20-17(21)22-19(4,5)6;1-13(20)19-11-7-10-18(5,6)15-9-8-14(12-16(15)19)17(2,3)4;1-5-20-16(19)18-15-8-6-7-12-9-10-13(11-14(12)15)17(2,3)4;1-16(2,3)12-9-8-11-6-5-7-14(13(11)10-12)17-15(18)19-4;1-15(2,3)12-7-8-13-14(11-12)17-10-6-9-16(13,4)5;1-11(17)16-8-7-12-5-6-14(15(2,3)4)9-13(12)10-16;1-14(2,3)12-8-7-11-6-4-5-9-15-13(11)10-12/h10-12,16H,7-9H2,1-6H3,(H,20,21);8-9,12H,7,10-11H2,1-6H3;9-11,15H,5-8H2,1-4H3,(H,18,19);8-10,14H,5-7H2,1-4H3,(H,17,18);7-8,11,17H,6,9-10H2,1-5H3;5-6,9H,7-8,10H2,1-4H3;7-8,10,15H,4-6,9H2,1-3H3. The molecule has 5 amide bonds. The Morgan fingerprint density at radius 3 is 1.18 bits per heavy atom. The molecule has 0 saturated carbocycles. The van der Waals surface area contributed by atoms with Crippen molar-refractivity contribution in [1.29, 1.82) is 0 Å². The number of amides is 5. The summed E-state index contributed by atoms with van der Waals surface area (Å²) in [5.41, 5.74) is 29.1. The molecule has 5 N–H and O–H groups in total. The van der Waals surface area contributed by atoms with Gasteiger partial charge in [0.25, 0.3) is 0 Å². The van der Waals surface area contributed by atoms with Gasteiger partial charge in [-0.1, -0.05) is 282 Å². The Hall–Kier alpha value is -9.11. The first-order chi connectivity index (χ1) is 60.3. The van der Waals surface area contributed by atoms with E-state index in [-0.39, 0.29) is 91.5 Å². The van der Waals surface area contributed by atoms with Crippen LogP contribution in [-0.2, 0) is 111 Å². The molecule has 714 valence electrons. The highest BCUT2D eigenvalue weighted by molar-refractivity contribution is 5.93. The van der Waals surface area contributed by atoms with E-state index in [1.165, 1.54) is 151 Å². The number of hydrogen-bond acceptors (Lipinski definition) is 10. The molecule has 14 rings (SSSR count). The van der Waals surface area contributed by atoms with Gasteiger partial charge in [-0.2, -0.15) is 0 Å². The quantitative estimate of drug-likeness (QED) is 0.106. The van der Waals surface area contributed by atoms with Gasteiger partial charge < -0.3 is 50.6 Å². The number of nitrogens with zero attached hydrogens (tertiary/aromatic N) is 2. The molecular weight excluding hydrogens is 1610 g/mol. The Bertz CT molecular complexity index is 4970. The number of anilines is 3. The van der Waals surface area contributed by atoms with Crippen LogP contribution in [0.15, 0.2) is 127 Å². The summed E-state index contributed by atoms with van der Waals surface area (Å²) >= 11 is 0. The number of rotatable bonds is 4. The lowest BCUT2D eigenvalue weighted by atomic mass is 9.78. The van der Waals surface area contributed by atoms with Crippen molar-refractivity contribution in [3.63, 3.8) is 0 Å². The number of carbonyl (C=O) groups is 5. The number of hydrogen-bond donors (Lipinski definition) is 5. The number of methoxy groups -OCH3 is 1. The van der Waals surface area contributed by atoms with E-state index in [1.54, 1.807) is 13.8 Å². The van der Waals surface area contributed by atoms with Crippen LogP contribution in [0.5, 0.6) is 0 Å². The van der Waals surface area contributed by atoms with E-state index in [0.29, 0.717) is 12.0 Å². The summed E-state index contributed by atoms with van der Waals surface area (Å²) < 4.78 is 15.1. The molecule has 7 aromatic carbocycles. The van der Waals surface area contributed by atoms with Crippen LogP contribution in [0.1, 0.15) is 410 Å². The average molecular weight is 1780 g/mol. The fourth-order valence-electron chi connectivity index (χ4n) is 18.3. The second-order valence-electron chi connectivity index (χ2n) is 47.0. The van der Waals surface area contributed by atoms with Crippen molar-refractivity contribution in [1.82, 2.24) is 20.9 Å². The molecule has 0 spiro atoms. The van der Waals surface area contributed by atoms with Gasteiger partial charge in [0.2, 0.25) is 11.8 Å². The third kappa shape index (κ3) is 30.7. The molecule has 130 heavy (non-hydrogen) atoms. The maximum atomic E-state index is 12.1. The lowest BCUT2D eigenvalue weighted by Gasteiger charge is -2.30. The van der Waals surface area contributed by atoms with E-state index >= 15 is 0 Å². The molecule has 0 bridgehead atoms. The minimum Gasteiger partial charge on any atom is -0.453 e. The van der Waals surface area contributed by atoms with Gasteiger partial charge in [0, 0.05) is 63.6 Å². The molecule has 15 heteroatoms. The number of carbonyl (C=O) groups excluding carboxylic acids is 5. The Morgan fingerprint density at radius 2 is 0.746 bits per heavy atom. The van der Waals surface area contributed by atoms with Crippen LogP contribution in [0.2, 0.25) is 0 Å². The Morgan fingerprint density at radius 1 is 0.377 bits per heavy atom. The summed E-state index contributed by atoms with van der Waals surface area (Å²) in [4.78, 5) is 62.5. The lowest BCUT2D eigenvalue weighted by Crippen LogP contribution is -2.36. The summed E-state index contributed by atoms with van der Waals surface area (Å²) in [5.74, 6) is 0.326. The number of aryl methyl sites for hydroxylation is 4. The van der Waals surface area contributed by atoms with Crippen LogP contribution >= 0.6 is 0 Å². The highest BCUT2D eigenvalue weighted by Crippen LogP contribution is 2.44. The van der Waals surface area contributed by atoms with Crippen molar-refractivity contribution in [2.24, 2.45) is 0 Å². The number of alkyl carbamates (subject to hydrolysis) is 3. The summed E-state index contributed by atoms with van der Waals surface area (Å²) in [6, 6.07) is 47.6. The third-order valence-electron chi connectivity index (χ3n) is 26.8. The van der Waals surface area contributed by atoms with E-state index in [1.807, 2.05) is 37.5 Å². The topological polar surface area (TPSA) is 180 Å². The lowest BCUT2D eigenvalue weighted by molar-refractivity contribution is -0.129. The van der Waals surface area contributed by atoms with E-state index in [4.69, 9.17) is 14.2 Å². The van der Waals surface area contributed by atoms with Crippen molar-refractivity contribution < 1.29 is 38.2 Å². The van der Waals surface area contributed by atoms with Crippen LogP contribution in [0.3, 0.4) is 0 Å². The molecule has 3 unspecified atom stereocenters. The molecule has 7 aliphatic rings. The van der Waals surface area contributed by atoms with Crippen LogP contribution in [0, 0.1) is 0 Å². The largest absolute Gasteiger partial charge is 0.453 e. The first-order valence-electron chi connectivity index (χ1n) is 49.0. The fourth-order valence-corrected chi connectivity index (χ4v) is 18.3. The predicted octanol–water partition coefficient (Wildman–Crippen LogP) is 28.2. The summed E-state index contributed by atoms with van der Waals surface area (Å²) in [6.07, 6.45) is 18.1. The number of benzene rings is 7. The molecule has 15 nitrogen and oxygen atoms in total. The third-order valence-corrected chi connectivity index (χ3v) is 26.8. The van der Waals surface area contributed by atoms with Crippen molar-refractivity contribution in [3.8, 4) is 0 Å². The second-order valence-corrected chi connectivity index (χ2v) is 47.0. The van der Waals surface area contributed by atoms with Gasteiger partial charge in [0.15, 0.2) is 0 Å². The van der Waals surface area contributed by atoms with E-state index in [0.717, 1.165) is 115 Å². The van der Waals surface area contributed by atoms with Crippen LogP contribution in [0.25, 0.3) is 0 Å². The smallest absolute Gasteiger partial charge is 0.408 e. The molecule has 7 aromatic rings. The molecule has 3 atom stereocenters. The van der Waals surface area contributed by atoms with Crippen LogP contribution < -0.4 is 31.5 Å². The molecule has 0 fully saturated rings. The minimum absolute atomic E-state index is 0.0564. The second kappa shape index (κ2) is 44.2. The van der Waals surface area contributed by atoms with Gasteiger partial charge in [0.1, 0.15) is 5.60 Å². The van der Waals surface area contributed by atoms with Gasteiger partial charge in [-0.25, -0.2) is 14.4 Å². The zero-order chi connectivity index (χ0) is 96.7. The van der Waals surface area contributed by atoms with E-state index < -0.39 is 5.60 Å². The number of nitrogens with one attached hydrogen (secondary N) is 5. The highest BCUT2D eigenvalue weighted by atomic mass is 16.6. The van der Waals surface area contributed by atoms with Gasteiger partial charge in [-0.3, -0.25) is 9.59 Å². The molecule has 0 saturated heterocycles. The van der Waals surface area contributed by atoms with Gasteiger partial charge in [-0.15, -0.1) is 0 Å². The van der Waals surface area contributed by atoms with Crippen LogP contribution in [-0.4, -0.2) is 80.5 Å². The minimum atomic E-state index is -0.463. The highest BCUT2D eigenvalue weighted by Gasteiger charge is 2.35. The SMILES string of the molecule is CC(=O)N1CCCC(C)(C)c2ccc(C(C)(C)C)cc21.CC(=O)N1CCc2ccc(C(C)(C)C)cc2C1.CC(C)(C)OC(=O)NC1CCCc2ccc(C(C)(C)C)cc21.CC(C)(C)c1ccc2c(c1)NCCCC2.CC(C)(C)c1ccc2c(c1)NCCCC2(C)C.CCOC(=O)NC1CCCc2ccc(C(C)(C)C)cc21.COC(=O)NC1CCCc2ccc(C(C)(C)C)cc21. The maximum absolute atomic E-state index is 12.1. The monoisotopic (exact) mass is 1780 g/mol. The Balaban J connectivity index is 0.000000188. The van der Waals surface area contributed by atoms with Crippen molar-refractivity contribution in [2.45, 2.75) is 403 Å². The van der Waals surface area contributed by atoms with E-state index in [2.05, 4.69) is 327 Å². The van der Waals surface area contributed by atoms with Gasteiger partial charge in [0.05, 0.1) is 31.8 Å². The molecule has 3 aliphatic carbocycles. The normalized spacial score (nSPS) is 18.0. The maximum Gasteiger partial charge on any atom is 0.408 e. The Kier molecular flexibility index (Phi) is 36.1. The number of ether oxygens (including phenoxy) is 3. The zero-order valence-corrected chi connectivity index (χ0v) is 86.8. The Labute approximate surface area is 787 Å². The molecule has 0 radical (unpaired) electrons. The zero-order valence-electron chi connectivity index (χ0n) is 86.8. The average Bonchev–Trinajstić information content (AvgIpc) is 1.66. The first-order valence-corrected chi connectivity index (χ1v) is 49.0. The summed E-state index contributed by atoms with van der Waals surface area (Å²) in [6.45, 7) is 72.1. The molecule has 4 aliphatic heterocycles. The van der Waals surface area contributed by atoms with E-state index in [9.17, 15) is 24.0 Å². The summed E-state index contributed by atoms with van der Waals surface area (Å²) in [7, 11) is 1.41. The first kappa shape index (κ1) is 106. The molecular formula is C115H171N7O8. The molecule has 4 heterocycles. The number of fused-ring (bicyclic) bond motifs is 7. The van der Waals surface area contributed by atoms with Crippen molar-refractivity contribution >= 4 is 47.2 Å². The predicted molar refractivity (Wildman–Crippen MR) is 545 cm³/mol. The van der Waals surface area contributed by atoms with Crippen molar-refractivity contribution in [2.75, 3.05) is 55.4 Å². The molecule has 0 aromatic heterocycles. The van der Waals surface area contributed by atoms with Crippen LogP contribution in [0.4, 0.5) is 31.4 Å². The summed E-state index contributed by atoms with van der Waals surface area (Å²) in [5, 5.41) is 16.1. The van der Waals surface area contributed by atoms with Gasteiger partial charge in [-0.05, 0) is 304 Å². The van der Waals surface area contributed by atoms with Gasteiger partial charge >= 0.3 is 18.3 Å². The fraction of sp³-hybridized carbons (Fsp3) is 0.591. The van der Waals surface area contributed by atoms with Crippen molar-refractivity contribution in [3.05, 3.63) is 228 Å².